The van der Waals surface area contributed by atoms with Crippen molar-refractivity contribution >= 4 is 11.8 Å². The highest BCUT2D eigenvalue weighted by molar-refractivity contribution is 6.00. The Morgan fingerprint density at radius 3 is 2.48 bits per heavy atom. The highest BCUT2D eigenvalue weighted by atomic mass is 19.4. The van der Waals surface area contributed by atoms with Gasteiger partial charge >= 0.3 is 12.2 Å². The number of amides is 2. The third-order valence-corrected chi connectivity index (χ3v) is 5.11. The number of carbonyl (C=O) groups is 2. The van der Waals surface area contributed by atoms with Gasteiger partial charge in [-0.2, -0.15) is 13.2 Å². The van der Waals surface area contributed by atoms with Crippen LogP contribution in [0.25, 0.3) is 0 Å². The molecule has 1 fully saturated rings. The van der Waals surface area contributed by atoms with Gasteiger partial charge in [-0.25, -0.2) is 4.79 Å². The van der Waals surface area contributed by atoms with E-state index >= 15 is 0 Å². The lowest BCUT2D eigenvalue weighted by atomic mass is 9.77. The van der Waals surface area contributed by atoms with E-state index in [0.717, 1.165) is 12.0 Å². The van der Waals surface area contributed by atoms with E-state index in [9.17, 15) is 27.9 Å². The van der Waals surface area contributed by atoms with E-state index in [1.54, 1.807) is 31.2 Å². The second kappa shape index (κ2) is 8.58. The minimum Gasteiger partial charge on any atom is -0.494 e. The van der Waals surface area contributed by atoms with Gasteiger partial charge in [0.1, 0.15) is 11.7 Å². The molecule has 6 nitrogen and oxygen atoms in total. The van der Waals surface area contributed by atoms with E-state index in [2.05, 4.69) is 5.32 Å². The summed E-state index contributed by atoms with van der Waals surface area (Å²) in [6.45, 7) is 4.06. The van der Waals surface area contributed by atoms with Crippen molar-refractivity contribution in [3.05, 3.63) is 65.2 Å². The third kappa shape index (κ3) is 4.51. The SMILES string of the molecule is CCCOc1cccc([C@H]2NC(=O)N[C@@](O)(C(F)(F)F)[C@H]2C(=O)c2ccc(C)cc2)c1. The molecule has 9 heteroatoms. The number of benzene rings is 2. The first-order chi connectivity index (χ1) is 14.6. The molecule has 1 aliphatic heterocycles. The van der Waals surface area contributed by atoms with Gasteiger partial charge in [0.2, 0.25) is 5.72 Å². The van der Waals surface area contributed by atoms with Gasteiger partial charge in [-0.3, -0.25) is 4.79 Å². The van der Waals surface area contributed by atoms with Crippen LogP contribution in [-0.2, 0) is 0 Å². The summed E-state index contributed by atoms with van der Waals surface area (Å²) < 4.78 is 47.4. The monoisotopic (exact) mass is 436 g/mol. The highest BCUT2D eigenvalue weighted by Gasteiger charge is 2.66. The molecule has 0 aliphatic carbocycles. The molecule has 0 unspecified atom stereocenters. The maximum Gasteiger partial charge on any atom is 0.437 e. The van der Waals surface area contributed by atoms with E-state index in [4.69, 9.17) is 4.74 Å². The number of urea groups is 1. The molecule has 1 heterocycles. The van der Waals surface area contributed by atoms with Gasteiger partial charge in [0.05, 0.1) is 12.6 Å². The Labute approximate surface area is 177 Å². The molecule has 0 bridgehead atoms. The summed E-state index contributed by atoms with van der Waals surface area (Å²) in [5.41, 5.74) is -2.76. The van der Waals surface area contributed by atoms with Crippen LogP contribution in [0, 0.1) is 12.8 Å². The number of hydrogen-bond acceptors (Lipinski definition) is 4. The third-order valence-electron chi connectivity index (χ3n) is 5.11. The number of ether oxygens (including phenoxy) is 1. The molecule has 166 valence electrons. The number of halogens is 3. The van der Waals surface area contributed by atoms with Gasteiger partial charge in [-0.15, -0.1) is 0 Å². The summed E-state index contributed by atoms with van der Waals surface area (Å²) in [5.74, 6) is -2.66. The van der Waals surface area contributed by atoms with Crippen molar-refractivity contribution in [2.45, 2.75) is 38.2 Å². The van der Waals surface area contributed by atoms with Crippen molar-refractivity contribution in [2.24, 2.45) is 5.92 Å². The van der Waals surface area contributed by atoms with E-state index < -0.39 is 35.7 Å². The molecular formula is C22H23F3N2O4. The Hall–Kier alpha value is -3.07. The van der Waals surface area contributed by atoms with Crippen molar-refractivity contribution < 1.29 is 32.6 Å². The maximum atomic E-state index is 14.0. The van der Waals surface area contributed by atoms with E-state index in [1.165, 1.54) is 29.6 Å². The van der Waals surface area contributed by atoms with E-state index in [0.29, 0.717) is 12.4 Å². The van der Waals surface area contributed by atoms with Crippen LogP contribution in [0.2, 0.25) is 0 Å². The van der Waals surface area contributed by atoms with Gasteiger partial charge in [-0.1, -0.05) is 48.9 Å². The quantitative estimate of drug-likeness (QED) is 0.600. The number of nitrogens with one attached hydrogen (secondary N) is 2. The average Bonchev–Trinajstić information content (AvgIpc) is 2.71. The van der Waals surface area contributed by atoms with Crippen molar-refractivity contribution in [1.82, 2.24) is 10.6 Å². The number of carbonyl (C=O) groups excluding carboxylic acids is 2. The van der Waals surface area contributed by atoms with Crippen LogP contribution in [0.4, 0.5) is 18.0 Å². The number of aryl methyl sites for hydroxylation is 1. The molecule has 0 saturated carbocycles. The second-order valence-corrected chi connectivity index (χ2v) is 7.47. The Balaban J connectivity index is 2.11. The number of aliphatic hydroxyl groups is 1. The van der Waals surface area contributed by atoms with Crippen LogP contribution in [0.5, 0.6) is 5.75 Å². The van der Waals surface area contributed by atoms with Crippen molar-refractivity contribution in [2.75, 3.05) is 6.61 Å². The van der Waals surface area contributed by atoms with Crippen LogP contribution < -0.4 is 15.4 Å². The molecule has 2 aromatic carbocycles. The fraction of sp³-hybridized carbons (Fsp3) is 0.364. The number of rotatable bonds is 6. The lowest BCUT2D eigenvalue weighted by Crippen LogP contribution is -2.72. The molecule has 0 spiro atoms. The molecule has 3 atom stereocenters. The zero-order valence-corrected chi connectivity index (χ0v) is 17.0. The van der Waals surface area contributed by atoms with Gasteiger partial charge in [0, 0.05) is 5.56 Å². The van der Waals surface area contributed by atoms with Crippen LogP contribution in [0.1, 0.15) is 40.9 Å². The largest absolute Gasteiger partial charge is 0.494 e. The zero-order valence-electron chi connectivity index (χ0n) is 17.0. The molecule has 2 aromatic rings. The first-order valence-electron chi connectivity index (χ1n) is 9.78. The minimum absolute atomic E-state index is 0.0142. The fourth-order valence-electron chi connectivity index (χ4n) is 3.53. The molecule has 3 rings (SSSR count). The first-order valence-corrected chi connectivity index (χ1v) is 9.78. The van der Waals surface area contributed by atoms with E-state index in [1.807, 2.05) is 6.92 Å². The van der Waals surface area contributed by atoms with Crippen LogP contribution >= 0.6 is 0 Å². The normalized spacial score (nSPS) is 23.6. The Morgan fingerprint density at radius 2 is 1.87 bits per heavy atom. The smallest absolute Gasteiger partial charge is 0.437 e. The molecule has 0 radical (unpaired) electrons. The zero-order chi connectivity index (χ0) is 22.8. The van der Waals surface area contributed by atoms with Gasteiger partial charge in [0.25, 0.3) is 0 Å². The highest BCUT2D eigenvalue weighted by Crippen LogP contribution is 2.44. The molecule has 1 aliphatic rings. The van der Waals surface area contributed by atoms with Crippen molar-refractivity contribution in [3.63, 3.8) is 0 Å². The van der Waals surface area contributed by atoms with Gasteiger partial charge in [-0.05, 0) is 31.0 Å². The Bertz CT molecular complexity index is 962. The molecule has 1 saturated heterocycles. The Kier molecular flexibility index (Phi) is 6.26. The topological polar surface area (TPSA) is 87.7 Å². The van der Waals surface area contributed by atoms with Gasteiger partial charge < -0.3 is 20.5 Å². The molecular weight excluding hydrogens is 413 g/mol. The number of ketones is 1. The minimum atomic E-state index is -5.30. The van der Waals surface area contributed by atoms with Crippen LogP contribution in [0.3, 0.4) is 0 Å². The number of Topliss-reactive ketones (excluding diaryl/α,β-unsaturated/α-hetero) is 1. The predicted molar refractivity (Wildman–Crippen MR) is 107 cm³/mol. The lowest BCUT2D eigenvalue weighted by molar-refractivity contribution is -0.287. The maximum absolute atomic E-state index is 14.0. The van der Waals surface area contributed by atoms with Crippen molar-refractivity contribution in [1.29, 1.82) is 0 Å². The standard InChI is InChI=1S/C22H23F3N2O4/c1-3-11-31-16-6-4-5-15(12-16)18-17(19(28)14-9-7-13(2)8-10-14)21(30,22(23,24)25)27-20(29)26-18/h4-10,12,17-18,30H,3,11H2,1-2H3,(H2,26,27,29)/t17-,18-,21+/m1/s1. The van der Waals surface area contributed by atoms with Crippen LogP contribution in [-0.4, -0.2) is 35.4 Å². The molecule has 0 aromatic heterocycles. The van der Waals surface area contributed by atoms with E-state index in [-0.39, 0.29) is 11.1 Å². The number of hydrogen-bond donors (Lipinski definition) is 3. The molecule has 31 heavy (non-hydrogen) atoms. The molecule has 2 amide bonds. The summed E-state index contributed by atoms with van der Waals surface area (Å²) in [4.78, 5) is 25.3. The summed E-state index contributed by atoms with van der Waals surface area (Å²) in [6.07, 6.45) is -4.58. The van der Waals surface area contributed by atoms with Crippen molar-refractivity contribution in [3.8, 4) is 5.75 Å². The summed E-state index contributed by atoms with van der Waals surface area (Å²) in [6, 6.07) is 9.37. The second-order valence-electron chi connectivity index (χ2n) is 7.47. The fourth-order valence-corrected chi connectivity index (χ4v) is 3.53. The summed E-state index contributed by atoms with van der Waals surface area (Å²) in [7, 11) is 0. The predicted octanol–water partition coefficient (Wildman–Crippen LogP) is 3.89. The molecule has 3 N–H and O–H groups in total. The number of alkyl halides is 3. The van der Waals surface area contributed by atoms with Crippen LogP contribution in [0.15, 0.2) is 48.5 Å². The summed E-state index contributed by atoms with van der Waals surface area (Å²) in [5, 5.41) is 14.5. The van der Waals surface area contributed by atoms with Gasteiger partial charge in [0.15, 0.2) is 5.78 Å². The first kappa shape index (κ1) is 22.6. The average molecular weight is 436 g/mol. The Morgan fingerprint density at radius 1 is 1.19 bits per heavy atom. The summed E-state index contributed by atoms with van der Waals surface area (Å²) >= 11 is 0. The lowest BCUT2D eigenvalue weighted by Gasteiger charge is -2.45.